The van der Waals surface area contributed by atoms with Gasteiger partial charge in [-0.1, -0.05) is 20.8 Å². The number of carbonyl (C=O) groups is 5. The summed E-state index contributed by atoms with van der Waals surface area (Å²) in [5, 5.41) is 7.85. The van der Waals surface area contributed by atoms with Crippen LogP contribution in [0.15, 0.2) is 18.2 Å². The first-order valence-corrected chi connectivity index (χ1v) is 12.6. The van der Waals surface area contributed by atoms with Crippen LogP contribution in [-0.2, 0) is 28.7 Å². The Morgan fingerprint density at radius 2 is 1.95 bits per heavy atom. The molecule has 2 saturated heterocycles. The normalized spacial score (nSPS) is 22.0. The third kappa shape index (κ3) is 6.85. The molecule has 208 valence electrons. The van der Waals surface area contributed by atoms with Crippen molar-refractivity contribution in [3.63, 3.8) is 0 Å². The van der Waals surface area contributed by atoms with Gasteiger partial charge in [0.2, 0.25) is 24.0 Å². The number of amides is 4. The number of benzene rings is 1. The van der Waals surface area contributed by atoms with Crippen LogP contribution in [0.5, 0.6) is 0 Å². The number of likely N-dealkylation sites (tertiary alicyclic amines) is 1. The fourth-order valence-corrected chi connectivity index (χ4v) is 4.55. The summed E-state index contributed by atoms with van der Waals surface area (Å²) in [6.45, 7) is 8.88. The van der Waals surface area contributed by atoms with Crippen LogP contribution in [0.3, 0.4) is 0 Å². The second-order valence-electron chi connectivity index (χ2n) is 10.5. The predicted octanol–water partition coefficient (Wildman–Crippen LogP) is 1.71. The third-order valence-electron chi connectivity index (χ3n) is 6.38. The zero-order valence-corrected chi connectivity index (χ0v) is 22.3. The fourth-order valence-electron chi connectivity index (χ4n) is 4.55. The number of halogens is 1. The SMILES string of the molecule is CCO[C@@H]1OC(=O)C[C@@H]1NC(=O)[C@@H]1CCCN1C(=O)[C@@H](NC(=O)c1ccc(NC(C)=O)cc1F)C(C)(C)C. The molecular formula is C26H35FN4O7. The van der Waals surface area contributed by atoms with E-state index in [1.54, 1.807) is 27.7 Å². The zero-order chi connectivity index (χ0) is 28.2. The van der Waals surface area contributed by atoms with Crippen LogP contribution in [-0.4, -0.2) is 72.1 Å². The van der Waals surface area contributed by atoms with Crippen molar-refractivity contribution in [2.45, 2.75) is 78.3 Å². The van der Waals surface area contributed by atoms with Crippen molar-refractivity contribution in [2.75, 3.05) is 18.5 Å². The molecule has 3 rings (SSSR count). The van der Waals surface area contributed by atoms with E-state index in [4.69, 9.17) is 9.47 Å². The van der Waals surface area contributed by atoms with Crippen molar-refractivity contribution in [3.05, 3.63) is 29.6 Å². The maximum atomic E-state index is 14.7. The molecule has 0 aromatic heterocycles. The largest absolute Gasteiger partial charge is 0.433 e. The highest BCUT2D eigenvalue weighted by atomic mass is 19.1. The number of esters is 1. The standard InChI is InChI=1S/C26H35FN4O7/c1-6-37-25-18(13-20(33)38-25)29-23(35)19-8-7-11-31(19)24(36)21(26(3,4)5)30-22(34)16-10-9-15(12-17(16)27)28-14(2)32/h9-10,12,18-19,21,25H,6-8,11,13H2,1-5H3,(H,28,32)(H,29,35)(H,30,34)/t18-,19-,21+,25+/m0/s1. The molecule has 1 aromatic rings. The molecule has 38 heavy (non-hydrogen) atoms. The Balaban J connectivity index is 1.75. The molecule has 0 aliphatic carbocycles. The summed E-state index contributed by atoms with van der Waals surface area (Å²) >= 11 is 0. The number of nitrogens with one attached hydrogen (secondary N) is 3. The molecule has 1 aromatic carbocycles. The van der Waals surface area contributed by atoms with Gasteiger partial charge in [-0.05, 0) is 43.4 Å². The first-order valence-electron chi connectivity index (χ1n) is 12.6. The van der Waals surface area contributed by atoms with Gasteiger partial charge in [-0.2, -0.15) is 0 Å². The molecule has 2 fully saturated rings. The summed E-state index contributed by atoms with van der Waals surface area (Å²) in [5.74, 6) is -3.44. The second-order valence-corrected chi connectivity index (χ2v) is 10.5. The monoisotopic (exact) mass is 534 g/mol. The zero-order valence-electron chi connectivity index (χ0n) is 22.3. The maximum Gasteiger partial charge on any atom is 0.310 e. The van der Waals surface area contributed by atoms with E-state index in [0.717, 1.165) is 6.07 Å². The molecule has 2 heterocycles. The van der Waals surface area contributed by atoms with Gasteiger partial charge in [0.1, 0.15) is 23.9 Å². The van der Waals surface area contributed by atoms with Gasteiger partial charge >= 0.3 is 5.97 Å². The highest BCUT2D eigenvalue weighted by molar-refractivity contribution is 5.99. The van der Waals surface area contributed by atoms with E-state index >= 15 is 0 Å². The lowest BCUT2D eigenvalue weighted by molar-refractivity contribution is -0.164. The van der Waals surface area contributed by atoms with Crippen LogP contribution in [0.2, 0.25) is 0 Å². The summed E-state index contributed by atoms with van der Waals surface area (Å²) in [4.78, 5) is 64.2. The average molecular weight is 535 g/mol. The topological polar surface area (TPSA) is 143 Å². The molecule has 0 saturated carbocycles. The van der Waals surface area contributed by atoms with Gasteiger partial charge in [0.05, 0.1) is 12.0 Å². The lowest BCUT2D eigenvalue weighted by atomic mass is 9.85. The van der Waals surface area contributed by atoms with Crippen molar-refractivity contribution in [1.82, 2.24) is 15.5 Å². The van der Waals surface area contributed by atoms with Gasteiger partial charge < -0.3 is 30.3 Å². The lowest BCUT2D eigenvalue weighted by Crippen LogP contribution is -2.58. The van der Waals surface area contributed by atoms with E-state index in [-0.39, 0.29) is 23.6 Å². The van der Waals surface area contributed by atoms with Crippen LogP contribution >= 0.6 is 0 Å². The average Bonchev–Trinajstić information content (AvgIpc) is 3.43. The van der Waals surface area contributed by atoms with E-state index < -0.39 is 59.3 Å². The predicted molar refractivity (Wildman–Crippen MR) is 134 cm³/mol. The van der Waals surface area contributed by atoms with Crippen molar-refractivity contribution >= 4 is 35.3 Å². The number of ether oxygens (including phenoxy) is 2. The minimum atomic E-state index is -1.06. The molecule has 2 aliphatic heterocycles. The first kappa shape index (κ1) is 29.0. The van der Waals surface area contributed by atoms with Gasteiger partial charge in [0.15, 0.2) is 0 Å². The quantitative estimate of drug-likeness (QED) is 0.431. The first-order chi connectivity index (χ1) is 17.8. The number of rotatable bonds is 8. The van der Waals surface area contributed by atoms with E-state index in [2.05, 4.69) is 16.0 Å². The second kappa shape index (κ2) is 11.9. The number of hydrogen-bond donors (Lipinski definition) is 3. The lowest BCUT2D eigenvalue weighted by Gasteiger charge is -2.35. The van der Waals surface area contributed by atoms with Crippen LogP contribution < -0.4 is 16.0 Å². The molecule has 4 atom stereocenters. The minimum absolute atomic E-state index is 0.0377. The Morgan fingerprint density at radius 1 is 1.24 bits per heavy atom. The molecule has 0 unspecified atom stereocenters. The molecule has 12 heteroatoms. The summed E-state index contributed by atoms with van der Waals surface area (Å²) in [6, 6.07) is 1.10. The molecule has 0 bridgehead atoms. The molecular weight excluding hydrogens is 499 g/mol. The Kier molecular flexibility index (Phi) is 9.08. The van der Waals surface area contributed by atoms with Crippen molar-refractivity contribution < 1.29 is 37.8 Å². The fraction of sp³-hybridized carbons (Fsp3) is 0.577. The number of carbonyl (C=O) groups excluding carboxylic acids is 5. The number of hydrogen-bond acceptors (Lipinski definition) is 7. The highest BCUT2D eigenvalue weighted by Crippen LogP contribution is 2.27. The molecule has 3 N–H and O–H groups in total. The van der Waals surface area contributed by atoms with Crippen LogP contribution in [0, 0.1) is 11.2 Å². The third-order valence-corrected chi connectivity index (χ3v) is 6.38. The van der Waals surface area contributed by atoms with E-state index in [0.29, 0.717) is 26.0 Å². The Morgan fingerprint density at radius 3 is 2.55 bits per heavy atom. The van der Waals surface area contributed by atoms with Gasteiger partial charge in [-0.15, -0.1) is 0 Å². The van der Waals surface area contributed by atoms with Crippen LogP contribution in [0.25, 0.3) is 0 Å². The van der Waals surface area contributed by atoms with E-state index in [9.17, 15) is 28.4 Å². The summed E-state index contributed by atoms with van der Waals surface area (Å²) < 4.78 is 25.2. The van der Waals surface area contributed by atoms with Crippen molar-refractivity contribution in [3.8, 4) is 0 Å². The van der Waals surface area contributed by atoms with Gasteiger partial charge in [0, 0.05) is 25.8 Å². The smallest absolute Gasteiger partial charge is 0.310 e. The van der Waals surface area contributed by atoms with Crippen molar-refractivity contribution in [1.29, 1.82) is 0 Å². The van der Waals surface area contributed by atoms with Gasteiger partial charge in [0.25, 0.3) is 5.91 Å². The van der Waals surface area contributed by atoms with Gasteiger partial charge in [-0.3, -0.25) is 24.0 Å². The van der Waals surface area contributed by atoms with Gasteiger partial charge in [-0.25, -0.2) is 4.39 Å². The minimum Gasteiger partial charge on any atom is -0.433 e. The molecule has 0 spiro atoms. The van der Waals surface area contributed by atoms with Crippen LogP contribution in [0.4, 0.5) is 10.1 Å². The Labute approximate surface area is 220 Å². The number of anilines is 1. The number of nitrogens with zero attached hydrogens (tertiary/aromatic N) is 1. The number of cyclic esters (lactones) is 1. The molecule has 2 aliphatic rings. The van der Waals surface area contributed by atoms with Crippen molar-refractivity contribution in [2.24, 2.45) is 5.41 Å². The molecule has 11 nitrogen and oxygen atoms in total. The maximum absolute atomic E-state index is 14.7. The summed E-state index contributed by atoms with van der Waals surface area (Å²) in [5.41, 5.74) is -0.860. The molecule has 4 amide bonds. The Hall–Kier alpha value is -3.54. The summed E-state index contributed by atoms with van der Waals surface area (Å²) in [7, 11) is 0. The van der Waals surface area contributed by atoms with E-state index in [1.807, 2.05) is 0 Å². The van der Waals surface area contributed by atoms with Crippen LogP contribution in [0.1, 0.15) is 64.2 Å². The summed E-state index contributed by atoms with van der Waals surface area (Å²) in [6.07, 6.45) is 0.0468. The Bertz CT molecular complexity index is 1100. The van der Waals surface area contributed by atoms with E-state index in [1.165, 1.54) is 24.0 Å². The molecule has 0 radical (unpaired) electrons. The highest BCUT2D eigenvalue weighted by Gasteiger charge is 2.44.